The molecule has 2 nitrogen and oxygen atoms in total. The number of fused-ring (bicyclic) bond motifs is 1. The second kappa shape index (κ2) is 4.93. The van der Waals surface area contributed by atoms with Crippen molar-refractivity contribution < 1.29 is 9.84 Å². The fraction of sp³-hybridized carbons (Fsp3) is 0.429. The van der Waals surface area contributed by atoms with Crippen LogP contribution in [0.2, 0.25) is 0 Å². The molecule has 96 valence electrons. The molecule has 1 aromatic heterocycles. The molecule has 3 atom stereocenters. The van der Waals surface area contributed by atoms with Crippen molar-refractivity contribution in [3.63, 3.8) is 0 Å². The lowest BCUT2D eigenvalue weighted by atomic mass is 9.90. The maximum Gasteiger partial charge on any atom is 0.0857 e. The van der Waals surface area contributed by atoms with Crippen LogP contribution in [0, 0.1) is 5.92 Å². The van der Waals surface area contributed by atoms with Gasteiger partial charge in [-0.2, -0.15) is 0 Å². The molecular formula is C14H15BrO2S. The van der Waals surface area contributed by atoms with E-state index in [0.717, 1.165) is 28.5 Å². The van der Waals surface area contributed by atoms with Gasteiger partial charge in [0.05, 0.1) is 12.2 Å². The number of rotatable bonds is 2. The van der Waals surface area contributed by atoms with Gasteiger partial charge in [-0.1, -0.05) is 12.1 Å². The largest absolute Gasteiger partial charge is 0.388 e. The summed E-state index contributed by atoms with van der Waals surface area (Å²) >= 11 is 5.24. The highest BCUT2D eigenvalue weighted by molar-refractivity contribution is 9.10. The van der Waals surface area contributed by atoms with E-state index in [-0.39, 0.29) is 12.0 Å². The first kappa shape index (κ1) is 12.6. The SMILES string of the molecule is CC1OCCC1C(O)c1csc2c(Br)cccc12. The molecule has 1 aliphatic heterocycles. The molecule has 1 aliphatic rings. The Balaban J connectivity index is 2.01. The minimum atomic E-state index is -0.425. The minimum absolute atomic E-state index is 0.141. The molecule has 0 bridgehead atoms. The molecule has 4 heteroatoms. The summed E-state index contributed by atoms with van der Waals surface area (Å²) in [7, 11) is 0. The first-order valence-electron chi connectivity index (χ1n) is 6.14. The number of aliphatic hydroxyl groups excluding tert-OH is 1. The maximum absolute atomic E-state index is 10.6. The van der Waals surface area contributed by atoms with Gasteiger partial charge in [-0.15, -0.1) is 11.3 Å². The van der Waals surface area contributed by atoms with Gasteiger partial charge in [0.2, 0.25) is 0 Å². The second-order valence-electron chi connectivity index (χ2n) is 4.78. The van der Waals surface area contributed by atoms with Crippen molar-refractivity contribution in [1.29, 1.82) is 0 Å². The molecule has 0 aliphatic carbocycles. The molecule has 3 unspecified atom stereocenters. The molecule has 1 fully saturated rings. The van der Waals surface area contributed by atoms with Crippen LogP contribution in [-0.4, -0.2) is 17.8 Å². The lowest BCUT2D eigenvalue weighted by Crippen LogP contribution is -2.19. The molecule has 1 N–H and O–H groups in total. The van der Waals surface area contributed by atoms with Crippen LogP contribution in [-0.2, 0) is 4.74 Å². The number of thiophene rings is 1. The van der Waals surface area contributed by atoms with Crippen LogP contribution in [0.1, 0.15) is 25.0 Å². The number of hydrogen-bond donors (Lipinski definition) is 1. The molecule has 1 aromatic carbocycles. The molecule has 18 heavy (non-hydrogen) atoms. The number of aliphatic hydroxyl groups is 1. The van der Waals surface area contributed by atoms with E-state index < -0.39 is 6.10 Å². The maximum atomic E-state index is 10.6. The molecule has 0 spiro atoms. The van der Waals surface area contributed by atoms with Gasteiger partial charge in [-0.25, -0.2) is 0 Å². The molecule has 1 saturated heterocycles. The van der Waals surface area contributed by atoms with Crippen molar-refractivity contribution in [2.24, 2.45) is 5.92 Å². The van der Waals surface area contributed by atoms with E-state index in [2.05, 4.69) is 27.4 Å². The van der Waals surface area contributed by atoms with Gasteiger partial charge in [0.15, 0.2) is 0 Å². The number of ether oxygens (including phenoxy) is 1. The standard InChI is InChI=1S/C14H15BrO2S/c1-8-9(5-6-17-8)13(16)11-7-18-14-10(11)3-2-4-12(14)15/h2-4,7-9,13,16H,5-6H2,1H3. The predicted octanol–water partition coefficient (Wildman–Crippen LogP) is 4.12. The zero-order chi connectivity index (χ0) is 12.7. The Morgan fingerprint density at radius 3 is 3.06 bits per heavy atom. The average molecular weight is 327 g/mol. The molecule has 3 rings (SSSR count). The van der Waals surface area contributed by atoms with Crippen LogP contribution in [0.4, 0.5) is 0 Å². The Morgan fingerprint density at radius 1 is 1.50 bits per heavy atom. The molecule has 0 amide bonds. The van der Waals surface area contributed by atoms with Crippen molar-refractivity contribution in [3.05, 3.63) is 33.6 Å². The van der Waals surface area contributed by atoms with E-state index in [4.69, 9.17) is 4.74 Å². The summed E-state index contributed by atoms with van der Waals surface area (Å²) in [6.45, 7) is 2.81. The summed E-state index contributed by atoms with van der Waals surface area (Å²) in [6, 6.07) is 6.13. The van der Waals surface area contributed by atoms with E-state index in [9.17, 15) is 5.11 Å². The molecule has 2 aromatic rings. The zero-order valence-electron chi connectivity index (χ0n) is 10.1. The molecule has 0 radical (unpaired) electrons. The van der Waals surface area contributed by atoms with Crippen LogP contribution in [0.5, 0.6) is 0 Å². The van der Waals surface area contributed by atoms with Crippen molar-refractivity contribution >= 4 is 37.4 Å². The summed E-state index contributed by atoms with van der Waals surface area (Å²) in [5.41, 5.74) is 1.04. The van der Waals surface area contributed by atoms with Crippen molar-refractivity contribution in [2.75, 3.05) is 6.61 Å². The normalized spacial score (nSPS) is 25.7. The Labute approximate surface area is 119 Å². The molecule has 2 heterocycles. The lowest BCUT2D eigenvalue weighted by molar-refractivity contribution is 0.0440. The molecule has 0 saturated carbocycles. The Hall–Kier alpha value is -0.420. The summed E-state index contributed by atoms with van der Waals surface area (Å²) < 4.78 is 7.86. The topological polar surface area (TPSA) is 29.5 Å². The van der Waals surface area contributed by atoms with E-state index >= 15 is 0 Å². The summed E-state index contributed by atoms with van der Waals surface area (Å²) in [6.07, 6.45) is 0.654. The van der Waals surface area contributed by atoms with E-state index in [1.165, 1.54) is 4.70 Å². The second-order valence-corrected chi connectivity index (χ2v) is 6.51. The van der Waals surface area contributed by atoms with E-state index in [1.54, 1.807) is 11.3 Å². The van der Waals surface area contributed by atoms with Gasteiger partial charge < -0.3 is 9.84 Å². The Morgan fingerprint density at radius 2 is 2.33 bits per heavy atom. The van der Waals surface area contributed by atoms with E-state index in [1.807, 2.05) is 19.1 Å². The minimum Gasteiger partial charge on any atom is -0.388 e. The third kappa shape index (κ3) is 2.01. The van der Waals surface area contributed by atoms with Crippen LogP contribution in [0.25, 0.3) is 10.1 Å². The predicted molar refractivity (Wildman–Crippen MR) is 78.0 cm³/mol. The highest BCUT2D eigenvalue weighted by Crippen LogP contribution is 2.40. The molecular weight excluding hydrogens is 312 g/mol. The van der Waals surface area contributed by atoms with Crippen LogP contribution in [0.3, 0.4) is 0 Å². The number of hydrogen-bond acceptors (Lipinski definition) is 3. The van der Waals surface area contributed by atoms with Gasteiger partial charge in [-0.05, 0) is 51.7 Å². The highest BCUT2D eigenvalue weighted by Gasteiger charge is 2.32. The third-order valence-corrected chi connectivity index (χ3v) is 5.71. The Bertz CT molecular complexity index is 566. The van der Waals surface area contributed by atoms with Crippen molar-refractivity contribution in [3.8, 4) is 0 Å². The summed E-state index contributed by atoms with van der Waals surface area (Å²) in [5.74, 6) is 0.210. The lowest BCUT2D eigenvalue weighted by Gasteiger charge is -2.20. The quantitative estimate of drug-likeness (QED) is 0.899. The van der Waals surface area contributed by atoms with Gasteiger partial charge >= 0.3 is 0 Å². The number of benzene rings is 1. The Kier molecular flexibility index (Phi) is 3.45. The first-order valence-corrected chi connectivity index (χ1v) is 7.81. The van der Waals surface area contributed by atoms with Gasteiger partial charge in [0, 0.05) is 21.7 Å². The van der Waals surface area contributed by atoms with Gasteiger partial charge in [0.25, 0.3) is 0 Å². The van der Waals surface area contributed by atoms with Crippen molar-refractivity contribution in [2.45, 2.75) is 25.6 Å². The van der Waals surface area contributed by atoms with E-state index in [0.29, 0.717) is 0 Å². The fourth-order valence-electron chi connectivity index (χ4n) is 2.66. The van der Waals surface area contributed by atoms with Crippen LogP contribution < -0.4 is 0 Å². The fourth-order valence-corrected chi connectivity index (χ4v) is 4.32. The van der Waals surface area contributed by atoms with Gasteiger partial charge in [0.1, 0.15) is 0 Å². The van der Waals surface area contributed by atoms with Crippen molar-refractivity contribution in [1.82, 2.24) is 0 Å². The first-order chi connectivity index (χ1) is 8.68. The highest BCUT2D eigenvalue weighted by atomic mass is 79.9. The summed E-state index contributed by atoms with van der Waals surface area (Å²) in [4.78, 5) is 0. The monoisotopic (exact) mass is 326 g/mol. The van der Waals surface area contributed by atoms with Crippen LogP contribution in [0.15, 0.2) is 28.1 Å². The summed E-state index contributed by atoms with van der Waals surface area (Å²) in [5, 5.41) is 13.8. The van der Waals surface area contributed by atoms with Gasteiger partial charge in [-0.3, -0.25) is 0 Å². The van der Waals surface area contributed by atoms with Crippen LogP contribution >= 0.6 is 27.3 Å². The average Bonchev–Trinajstić information content (AvgIpc) is 2.95. The zero-order valence-corrected chi connectivity index (χ0v) is 12.5. The smallest absolute Gasteiger partial charge is 0.0857 e. The number of halogens is 1. The third-order valence-electron chi connectivity index (χ3n) is 3.74.